The number of hydrogen-bond acceptors (Lipinski definition) is 1. The van der Waals surface area contributed by atoms with Crippen LogP contribution in [0.3, 0.4) is 0 Å². The van der Waals surface area contributed by atoms with Gasteiger partial charge in [-0.1, -0.05) is 18.2 Å². The lowest BCUT2D eigenvalue weighted by atomic mass is 10.3. The van der Waals surface area contributed by atoms with E-state index in [1.165, 1.54) is 0 Å². The third-order valence-electron chi connectivity index (χ3n) is 2.14. The minimum atomic E-state index is 0.251. The Morgan fingerprint density at radius 1 is 1.17 bits per heavy atom. The Bertz CT molecular complexity index is 281. The predicted octanol–water partition coefficient (Wildman–Crippen LogP) is 1.81. The highest BCUT2D eigenvalue weighted by Crippen LogP contribution is 2.19. The predicted molar refractivity (Wildman–Crippen MR) is 48.0 cm³/mol. The van der Waals surface area contributed by atoms with Gasteiger partial charge in [-0.25, -0.2) is 0 Å². The minimum absolute atomic E-state index is 0.251. The topological polar surface area (TPSA) is 20.3 Å². The molecule has 0 spiro atoms. The molecule has 2 rings (SSSR count). The fraction of sp³-hybridized carbons (Fsp3) is 0.300. The molecule has 0 bridgehead atoms. The molecule has 0 atom stereocenters. The number of para-hydroxylation sites is 1. The maximum atomic E-state index is 11.3. The van der Waals surface area contributed by atoms with Crippen molar-refractivity contribution in [3.8, 4) is 0 Å². The molecule has 1 aliphatic heterocycles. The maximum Gasteiger partial charge on any atom is 0.227 e. The number of nitrogens with zero attached hydrogens (tertiary/aromatic N) is 1. The number of carbonyl (C=O) groups excluding carboxylic acids is 1. The molecule has 1 fully saturated rings. The Labute approximate surface area is 71.8 Å². The zero-order chi connectivity index (χ0) is 8.39. The third kappa shape index (κ3) is 1.20. The second-order valence-electron chi connectivity index (χ2n) is 2.98. The van der Waals surface area contributed by atoms with Crippen LogP contribution in [-0.4, -0.2) is 12.5 Å². The second-order valence-corrected chi connectivity index (χ2v) is 2.98. The summed E-state index contributed by atoms with van der Waals surface area (Å²) in [5.74, 6) is 0.251. The van der Waals surface area contributed by atoms with Gasteiger partial charge in [0.15, 0.2) is 0 Å². The first kappa shape index (κ1) is 7.35. The average molecular weight is 163 g/mol. The minimum Gasteiger partial charge on any atom is -0.312 e. The summed E-state index contributed by atoms with van der Waals surface area (Å²) < 4.78 is 0. The molecular formula is C10H11NO. The molecule has 62 valence electrons. The monoisotopic (exact) mass is 163 g/mol. The standard InChI is InChI=1S/C10H11NO/c12-10-7-4-8-11(10)9-5-2-1-3-6-9/h1-3,5-6H,4,7-8H2/i12+2. The molecule has 0 radical (unpaired) electrons. The number of anilines is 1. The van der Waals surface area contributed by atoms with E-state index in [-0.39, 0.29) is 5.91 Å². The van der Waals surface area contributed by atoms with E-state index in [9.17, 15) is 4.79 Å². The summed E-state index contributed by atoms with van der Waals surface area (Å²) in [6.07, 6.45) is 1.70. The summed E-state index contributed by atoms with van der Waals surface area (Å²) in [6.45, 7) is 0.878. The number of rotatable bonds is 1. The first-order valence-electron chi connectivity index (χ1n) is 4.23. The largest absolute Gasteiger partial charge is 0.312 e. The summed E-state index contributed by atoms with van der Waals surface area (Å²) >= 11 is 0. The van der Waals surface area contributed by atoms with Gasteiger partial charge in [0.05, 0.1) is 0 Å². The average Bonchev–Trinajstić information content (AvgIpc) is 2.53. The van der Waals surface area contributed by atoms with Crippen LogP contribution in [0.4, 0.5) is 5.69 Å². The summed E-state index contributed by atoms with van der Waals surface area (Å²) in [5.41, 5.74) is 1.03. The summed E-state index contributed by atoms with van der Waals surface area (Å²) in [4.78, 5) is 13.1. The van der Waals surface area contributed by atoms with Crippen molar-refractivity contribution in [2.75, 3.05) is 11.4 Å². The molecule has 0 aliphatic carbocycles. The van der Waals surface area contributed by atoms with E-state index in [1.54, 1.807) is 0 Å². The van der Waals surface area contributed by atoms with Gasteiger partial charge in [-0.3, -0.25) is 4.79 Å². The Morgan fingerprint density at radius 2 is 1.92 bits per heavy atom. The third-order valence-corrected chi connectivity index (χ3v) is 2.14. The maximum absolute atomic E-state index is 11.3. The molecule has 0 aromatic heterocycles. The van der Waals surface area contributed by atoms with Gasteiger partial charge < -0.3 is 4.90 Å². The van der Waals surface area contributed by atoms with Crippen molar-refractivity contribution >= 4 is 11.6 Å². The lowest BCUT2D eigenvalue weighted by molar-refractivity contribution is -0.117. The molecule has 1 saturated heterocycles. The van der Waals surface area contributed by atoms with Gasteiger partial charge >= 0.3 is 0 Å². The van der Waals surface area contributed by atoms with Crippen LogP contribution in [0.25, 0.3) is 0 Å². The fourth-order valence-corrected chi connectivity index (χ4v) is 1.53. The van der Waals surface area contributed by atoms with E-state index in [0.717, 1.165) is 18.7 Å². The molecule has 0 N–H and O–H groups in total. The molecule has 0 saturated carbocycles. The normalized spacial score (nSPS) is 17.0. The van der Waals surface area contributed by atoms with E-state index < -0.39 is 0 Å². The highest BCUT2D eigenvalue weighted by Gasteiger charge is 2.20. The molecule has 1 aromatic rings. The SMILES string of the molecule is [18O]=C1CCCN1c1ccccc1. The number of amides is 1. The quantitative estimate of drug-likeness (QED) is 0.578. The van der Waals surface area contributed by atoms with Gasteiger partial charge in [-0.15, -0.1) is 0 Å². The van der Waals surface area contributed by atoms with Crippen LogP contribution >= 0.6 is 0 Å². The molecule has 1 heterocycles. The Balaban J connectivity index is 2.25. The lowest BCUT2D eigenvalue weighted by Crippen LogP contribution is -2.23. The molecule has 2 heteroatoms. The zero-order valence-electron chi connectivity index (χ0n) is 6.86. The smallest absolute Gasteiger partial charge is 0.227 e. The van der Waals surface area contributed by atoms with Crippen LogP contribution in [0.2, 0.25) is 0 Å². The van der Waals surface area contributed by atoms with E-state index in [2.05, 4.69) is 0 Å². The van der Waals surface area contributed by atoms with E-state index in [1.807, 2.05) is 35.2 Å². The van der Waals surface area contributed by atoms with Crippen molar-refractivity contribution < 1.29 is 4.79 Å². The molecule has 1 aliphatic rings. The van der Waals surface area contributed by atoms with Crippen molar-refractivity contribution in [3.63, 3.8) is 0 Å². The highest BCUT2D eigenvalue weighted by molar-refractivity contribution is 5.95. The van der Waals surface area contributed by atoms with E-state index in [4.69, 9.17) is 0 Å². The fourth-order valence-electron chi connectivity index (χ4n) is 1.53. The van der Waals surface area contributed by atoms with Gasteiger partial charge in [0.25, 0.3) is 0 Å². The van der Waals surface area contributed by atoms with E-state index >= 15 is 0 Å². The van der Waals surface area contributed by atoms with Crippen molar-refractivity contribution in [2.24, 2.45) is 0 Å². The molecule has 2 nitrogen and oxygen atoms in total. The number of carbonyl (C=O) groups is 1. The van der Waals surface area contributed by atoms with Crippen LogP contribution < -0.4 is 4.90 Å². The Hall–Kier alpha value is -1.31. The van der Waals surface area contributed by atoms with Crippen molar-refractivity contribution in [1.29, 1.82) is 0 Å². The van der Waals surface area contributed by atoms with Crippen LogP contribution in [0.15, 0.2) is 30.3 Å². The second kappa shape index (κ2) is 2.97. The summed E-state index contributed by atoms with van der Waals surface area (Å²) in [6, 6.07) is 9.83. The first-order valence-corrected chi connectivity index (χ1v) is 4.23. The summed E-state index contributed by atoms with van der Waals surface area (Å²) in [5, 5.41) is 0. The zero-order valence-corrected chi connectivity index (χ0v) is 6.86. The van der Waals surface area contributed by atoms with E-state index in [0.29, 0.717) is 6.42 Å². The van der Waals surface area contributed by atoms with Crippen LogP contribution in [0.5, 0.6) is 0 Å². The van der Waals surface area contributed by atoms with Crippen LogP contribution in [0, 0.1) is 0 Å². The lowest BCUT2D eigenvalue weighted by Gasteiger charge is -2.14. The highest BCUT2D eigenvalue weighted by atomic mass is 18.1. The number of benzene rings is 1. The van der Waals surface area contributed by atoms with Crippen molar-refractivity contribution in [2.45, 2.75) is 12.8 Å². The first-order chi connectivity index (χ1) is 5.88. The van der Waals surface area contributed by atoms with Crippen molar-refractivity contribution in [1.82, 2.24) is 0 Å². The molecule has 1 aromatic carbocycles. The summed E-state index contributed by atoms with van der Waals surface area (Å²) in [7, 11) is 0. The molecule has 12 heavy (non-hydrogen) atoms. The van der Waals surface area contributed by atoms with Gasteiger partial charge in [-0.2, -0.15) is 0 Å². The Morgan fingerprint density at radius 3 is 2.50 bits per heavy atom. The molecular weight excluding hydrogens is 152 g/mol. The van der Waals surface area contributed by atoms with Gasteiger partial charge in [0.2, 0.25) is 5.91 Å². The van der Waals surface area contributed by atoms with Crippen LogP contribution in [0.1, 0.15) is 12.8 Å². The van der Waals surface area contributed by atoms with Gasteiger partial charge in [0, 0.05) is 18.7 Å². The molecule has 0 unspecified atom stereocenters. The van der Waals surface area contributed by atoms with Gasteiger partial charge in [-0.05, 0) is 18.6 Å². The molecule has 1 amide bonds. The Kier molecular flexibility index (Phi) is 1.82. The van der Waals surface area contributed by atoms with Gasteiger partial charge in [0.1, 0.15) is 0 Å². The van der Waals surface area contributed by atoms with Crippen LogP contribution in [-0.2, 0) is 4.79 Å². The van der Waals surface area contributed by atoms with Crippen molar-refractivity contribution in [3.05, 3.63) is 30.3 Å². The number of hydrogen-bond donors (Lipinski definition) is 0.